The maximum Gasteiger partial charge on any atom is 0.267 e. The first-order chi connectivity index (χ1) is 18.9. The molecular weight excluding hydrogens is 513 g/mol. The summed E-state index contributed by atoms with van der Waals surface area (Å²) in [4.78, 5) is 22.6. The number of anilines is 1. The van der Waals surface area contributed by atoms with Crippen molar-refractivity contribution >= 4 is 24.1 Å². The lowest BCUT2D eigenvalue weighted by Gasteiger charge is -2.21. The van der Waals surface area contributed by atoms with Crippen molar-refractivity contribution in [3.63, 3.8) is 0 Å². The molecule has 3 atom stereocenters. The smallest absolute Gasteiger partial charge is 0.267 e. The lowest BCUT2D eigenvalue weighted by molar-refractivity contribution is 0.465. The highest BCUT2D eigenvalue weighted by Gasteiger charge is 2.35. The fourth-order valence-corrected chi connectivity index (χ4v) is 5.69. The summed E-state index contributed by atoms with van der Waals surface area (Å²) in [6, 6.07) is 20.3. The second kappa shape index (κ2) is 10.2. The number of para-hydroxylation sites is 1. The average Bonchev–Trinajstić information content (AvgIpc) is 3.55. The summed E-state index contributed by atoms with van der Waals surface area (Å²) in [5.74, 6) is 0.0125. The number of aromatic nitrogens is 3. The Hall–Kier alpha value is -4.18. The third kappa shape index (κ3) is 4.65. The summed E-state index contributed by atoms with van der Waals surface area (Å²) < 4.78 is 16.7. The van der Waals surface area contributed by atoms with Crippen LogP contribution in [0.3, 0.4) is 0 Å². The van der Waals surface area contributed by atoms with E-state index in [0.717, 1.165) is 36.1 Å². The zero-order valence-corrected chi connectivity index (χ0v) is 22.2. The maximum absolute atomic E-state index is 13.7. The van der Waals surface area contributed by atoms with Crippen LogP contribution in [0.15, 0.2) is 82.7 Å². The second-order valence-electron chi connectivity index (χ2n) is 9.85. The minimum Gasteiger partial charge on any atom is -0.355 e. The van der Waals surface area contributed by atoms with Crippen LogP contribution in [0.25, 0.3) is 17.1 Å². The van der Waals surface area contributed by atoms with Crippen LogP contribution >= 0.6 is 12.6 Å². The molecule has 2 aliphatic rings. The summed E-state index contributed by atoms with van der Waals surface area (Å²) in [5, 5.41) is 15.5. The van der Waals surface area contributed by atoms with Gasteiger partial charge in [0.05, 0.1) is 29.3 Å². The van der Waals surface area contributed by atoms with Gasteiger partial charge in [-0.2, -0.15) is 0 Å². The number of nitrogens with one attached hydrogen (secondary N) is 3. The molecule has 0 radical (unpaired) electrons. The second-order valence-corrected chi connectivity index (χ2v) is 10.4. The minimum atomic E-state index is -0.502. The standard InChI is InChI=1S/C29H28FN7OS/c1-36-28(38)24(25(31)37-23-9-5-8-22(23)34-29(36)37)26(33-20-6-3-2-4-7-20)35-27(39)18-12-10-17(11-13-18)21-15-14-19(30)16-32-21/h2-4,6-7,10-16,22-23,27,31,33,35,39H,5,8-9H2,1H3/b26-24+,31-25?/t22-,23+,27?/m1/s1. The molecule has 3 heterocycles. The van der Waals surface area contributed by atoms with E-state index in [4.69, 9.17) is 23.0 Å². The predicted molar refractivity (Wildman–Crippen MR) is 151 cm³/mol. The molecule has 0 spiro atoms. The highest BCUT2D eigenvalue weighted by molar-refractivity contribution is 7.80. The number of pyridine rings is 1. The summed E-state index contributed by atoms with van der Waals surface area (Å²) in [7, 11) is 1.71. The minimum absolute atomic E-state index is 0.0930. The third-order valence-corrected chi connectivity index (χ3v) is 7.82. The highest BCUT2D eigenvalue weighted by atomic mass is 32.1. The predicted octanol–water partition coefficient (Wildman–Crippen LogP) is 2.99. The molecule has 2 aromatic carbocycles. The Kier molecular flexibility index (Phi) is 6.56. The number of halogens is 1. The van der Waals surface area contributed by atoms with E-state index >= 15 is 0 Å². The average molecular weight is 542 g/mol. The Balaban J connectivity index is 1.43. The van der Waals surface area contributed by atoms with E-state index < -0.39 is 5.37 Å². The molecule has 3 N–H and O–H groups in total. The Morgan fingerprint density at radius 1 is 1.10 bits per heavy atom. The fraction of sp³-hybridized carbons (Fsp3) is 0.241. The van der Waals surface area contributed by atoms with E-state index in [0.29, 0.717) is 17.1 Å². The molecule has 4 aromatic rings. The Labute approximate surface area is 229 Å². The van der Waals surface area contributed by atoms with E-state index in [1.165, 1.54) is 16.8 Å². The van der Waals surface area contributed by atoms with E-state index in [9.17, 15) is 9.18 Å². The molecule has 0 saturated heterocycles. The van der Waals surface area contributed by atoms with Crippen LogP contribution in [-0.2, 0) is 7.05 Å². The number of thiol groups is 1. The van der Waals surface area contributed by atoms with Crippen molar-refractivity contribution < 1.29 is 4.39 Å². The molecule has 0 amide bonds. The Morgan fingerprint density at radius 2 is 1.87 bits per heavy atom. The molecule has 1 aliphatic carbocycles. The van der Waals surface area contributed by atoms with Gasteiger partial charge in [-0.1, -0.05) is 42.5 Å². The lowest BCUT2D eigenvalue weighted by atomic mass is 10.1. The van der Waals surface area contributed by atoms with Gasteiger partial charge in [0.2, 0.25) is 5.62 Å². The van der Waals surface area contributed by atoms with Crippen molar-refractivity contribution in [1.82, 2.24) is 19.4 Å². The van der Waals surface area contributed by atoms with E-state index in [1.807, 2.05) is 59.2 Å². The molecule has 8 nitrogen and oxygen atoms in total. The topological polar surface area (TPSA) is 100 Å². The van der Waals surface area contributed by atoms with Gasteiger partial charge in [0.1, 0.15) is 22.3 Å². The van der Waals surface area contributed by atoms with Gasteiger partial charge in [-0.25, -0.2) is 9.38 Å². The quantitative estimate of drug-likeness (QED) is 0.223. The SMILES string of the molecule is Cn1c(=O)/c(=C(\Nc2ccccc2)NC(S)c2ccc(-c3ccc(F)cn3)cc2)c(=N)n2c1=N[C@@H]1CCC[C@@H]12. The van der Waals surface area contributed by atoms with Gasteiger partial charge in [-0.05, 0) is 49.1 Å². The van der Waals surface area contributed by atoms with Crippen molar-refractivity contribution in [1.29, 1.82) is 5.41 Å². The van der Waals surface area contributed by atoms with Gasteiger partial charge >= 0.3 is 0 Å². The summed E-state index contributed by atoms with van der Waals surface area (Å²) >= 11 is 4.81. The van der Waals surface area contributed by atoms with Crippen LogP contribution < -0.4 is 32.5 Å². The first kappa shape index (κ1) is 25.1. The molecular formula is C29H28FN7OS. The molecule has 10 heteroatoms. The van der Waals surface area contributed by atoms with Crippen molar-refractivity contribution in [2.24, 2.45) is 12.0 Å². The highest BCUT2D eigenvalue weighted by Crippen LogP contribution is 2.32. The largest absolute Gasteiger partial charge is 0.355 e. The lowest BCUT2D eigenvalue weighted by Crippen LogP contribution is -2.59. The normalized spacial score (nSPS) is 19.1. The molecule has 1 aliphatic heterocycles. The zero-order valence-electron chi connectivity index (χ0n) is 21.3. The number of hydrogen-bond donors (Lipinski definition) is 4. The van der Waals surface area contributed by atoms with Crippen LogP contribution in [0.1, 0.15) is 36.2 Å². The number of rotatable bonds is 6. The van der Waals surface area contributed by atoms with E-state index in [1.54, 1.807) is 13.1 Å². The molecule has 1 fully saturated rings. The van der Waals surface area contributed by atoms with Crippen molar-refractivity contribution in [3.8, 4) is 11.3 Å². The number of fused-ring (bicyclic) bond motifs is 3. The maximum atomic E-state index is 13.7. The Morgan fingerprint density at radius 3 is 2.59 bits per heavy atom. The molecule has 0 bridgehead atoms. The monoisotopic (exact) mass is 541 g/mol. The van der Waals surface area contributed by atoms with Gasteiger partial charge in [-0.3, -0.25) is 24.3 Å². The van der Waals surface area contributed by atoms with Gasteiger partial charge < -0.3 is 10.6 Å². The molecule has 1 saturated carbocycles. The van der Waals surface area contributed by atoms with Crippen molar-refractivity contribution in [2.45, 2.75) is 36.7 Å². The molecule has 39 heavy (non-hydrogen) atoms. The van der Waals surface area contributed by atoms with Crippen LogP contribution in [0.2, 0.25) is 0 Å². The van der Waals surface area contributed by atoms with Gasteiger partial charge in [0.25, 0.3) is 5.56 Å². The number of benzene rings is 2. The van der Waals surface area contributed by atoms with Gasteiger partial charge in [0, 0.05) is 18.3 Å². The molecule has 198 valence electrons. The third-order valence-electron chi connectivity index (χ3n) is 7.39. The fourth-order valence-electron chi connectivity index (χ4n) is 5.39. The van der Waals surface area contributed by atoms with Gasteiger partial charge in [0.15, 0.2) is 0 Å². The molecule has 2 aromatic heterocycles. The van der Waals surface area contributed by atoms with Crippen molar-refractivity contribution in [3.05, 3.63) is 111 Å². The summed E-state index contributed by atoms with van der Waals surface area (Å²) in [5.41, 5.74) is 3.51. The zero-order chi connectivity index (χ0) is 27.1. The van der Waals surface area contributed by atoms with Crippen LogP contribution in [0, 0.1) is 11.2 Å². The molecule has 1 unspecified atom stereocenters. The number of hydrogen-bond acceptors (Lipinski definition) is 7. The first-order valence-electron chi connectivity index (χ1n) is 12.9. The first-order valence-corrected chi connectivity index (χ1v) is 13.4. The van der Waals surface area contributed by atoms with E-state index in [2.05, 4.69) is 15.6 Å². The van der Waals surface area contributed by atoms with Crippen molar-refractivity contribution in [2.75, 3.05) is 5.32 Å². The van der Waals surface area contributed by atoms with E-state index in [-0.39, 0.29) is 34.2 Å². The summed E-state index contributed by atoms with van der Waals surface area (Å²) in [6.45, 7) is 0. The Bertz CT molecular complexity index is 1770. The summed E-state index contributed by atoms with van der Waals surface area (Å²) in [6.07, 6.45) is 4.16. The number of nitrogens with zero attached hydrogens (tertiary/aromatic N) is 4. The molecule has 6 rings (SSSR count). The van der Waals surface area contributed by atoms with Crippen LogP contribution in [0.4, 0.5) is 10.1 Å². The van der Waals surface area contributed by atoms with Crippen LogP contribution in [-0.4, -0.2) is 20.2 Å². The van der Waals surface area contributed by atoms with Crippen LogP contribution in [0.5, 0.6) is 0 Å². The van der Waals surface area contributed by atoms with Gasteiger partial charge in [-0.15, -0.1) is 12.6 Å².